The van der Waals surface area contributed by atoms with Crippen molar-refractivity contribution < 1.29 is 8.42 Å². The summed E-state index contributed by atoms with van der Waals surface area (Å²) < 4.78 is 27.6. The highest BCUT2D eigenvalue weighted by atomic mass is 79.9. The third-order valence-corrected chi connectivity index (χ3v) is 11.0. The molecule has 0 radical (unpaired) electrons. The Balaban J connectivity index is 1.64. The molecular weight excluding hydrogens is 430 g/mol. The van der Waals surface area contributed by atoms with E-state index in [2.05, 4.69) is 31.9 Å². The molecule has 4 atom stereocenters. The summed E-state index contributed by atoms with van der Waals surface area (Å²) in [4.78, 5) is 0.416. The minimum atomic E-state index is -3.35. The number of benzene rings is 1. The van der Waals surface area contributed by atoms with Crippen LogP contribution < -0.4 is 0 Å². The molecule has 3 aliphatic rings. The van der Waals surface area contributed by atoms with Gasteiger partial charge in [0, 0.05) is 20.7 Å². The smallest absolute Gasteiger partial charge is 0.207 e. The van der Waals surface area contributed by atoms with Gasteiger partial charge in [0.15, 0.2) is 0 Å². The van der Waals surface area contributed by atoms with Gasteiger partial charge in [-0.1, -0.05) is 62.9 Å². The molecule has 2 aliphatic carbocycles. The number of alkyl halides is 2. The van der Waals surface area contributed by atoms with Crippen molar-refractivity contribution in [1.82, 2.24) is 4.31 Å². The topological polar surface area (TPSA) is 37.1 Å². The maximum atomic E-state index is 12.9. The molecule has 1 aromatic carbocycles. The minimum Gasteiger partial charge on any atom is -0.207 e. The van der Waals surface area contributed by atoms with Gasteiger partial charge in [-0.2, -0.15) is 4.31 Å². The van der Waals surface area contributed by atoms with E-state index in [1.165, 1.54) is 12.8 Å². The van der Waals surface area contributed by atoms with E-state index in [9.17, 15) is 8.42 Å². The summed E-state index contributed by atoms with van der Waals surface area (Å²) >= 11 is 7.96. The van der Waals surface area contributed by atoms with Gasteiger partial charge in [-0.15, -0.1) is 0 Å². The molecule has 6 heteroatoms. The maximum Gasteiger partial charge on any atom is 0.243 e. The molecule has 1 aromatic rings. The number of nitrogens with zero attached hydrogens (tertiary/aromatic N) is 1. The van der Waals surface area contributed by atoms with Crippen LogP contribution in [0.25, 0.3) is 0 Å². The molecule has 1 saturated heterocycles. The molecule has 2 unspecified atom stereocenters. The first-order valence-corrected chi connectivity index (χ1v) is 10.9. The van der Waals surface area contributed by atoms with Crippen LogP contribution in [-0.2, 0) is 10.0 Å². The van der Waals surface area contributed by atoms with Crippen LogP contribution in [0.15, 0.2) is 35.2 Å². The SMILES string of the molecule is O=S(=O)(c1ccccc1)N1C2C[C@@]3(Br)CCCC[C@]3(Br)CC21. The van der Waals surface area contributed by atoms with E-state index in [1.54, 1.807) is 28.6 Å². The summed E-state index contributed by atoms with van der Waals surface area (Å²) in [6.45, 7) is 0. The first-order valence-electron chi connectivity index (χ1n) is 7.84. The Morgan fingerprint density at radius 1 is 0.955 bits per heavy atom. The fourth-order valence-corrected chi connectivity index (χ4v) is 8.10. The first kappa shape index (κ1) is 15.6. The number of rotatable bonds is 2. The van der Waals surface area contributed by atoms with Crippen molar-refractivity contribution in [3.8, 4) is 0 Å². The Hall–Kier alpha value is 0.0900. The maximum absolute atomic E-state index is 12.9. The zero-order chi connectivity index (χ0) is 15.6. The van der Waals surface area contributed by atoms with Gasteiger partial charge in [-0.3, -0.25) is 0 Å². The lowest BCUT2D eigenvalue weighted by Gasteiger charge is -2.49. The summed E-state index contributed by atoms with van der Waals surface area (Å²) in [6.07, 6.45) is 6.52. The van der Waals surface area contributed by atoms with Crippen LogP contribution in [0.2, 0.25) is 0 Å². The molecule has 1 aliphatic heterocycles. The van der Waals surface area contributed by atoms with Gasteiger partial charge < -0.3 is 0 Å². The molecule has 22 heavy (non-hydrogen) atoms. The number of halogens is 2. The van der Waals surface area contributed by atoms with Gasteiger partial charge >= 0.3 is 0 Å². The van der Waals surface area contributed by atoms with Crippen molar-refractivity contribution in [1.29, 1.82) is 0 Å². The number of hydrogen-bond acceptors (Lipinski definition) is 2. The Bertz CT molecular complexity index is 669. The Kier molecular flexibility index (Phi) is 3.58. The second kappa shape index (κ2) is 5.04. The van der Waals surface area contributed by atoms with E-state index in [4.69, 9.17) is 0 Å². The van der Waals surface area contributed by atoms with Gasteiger partial charge in [-0.25, -0.2) is 8.42 Å². The molecule has 0 aromatic heterocycles. The summed E-state index contributed by atoms with van der Waals surface area (Å²) in [5.74, 6) is 0. The van der Waals surface area contributed by atoms with E-state index >= 15 is 0 Å². The van der Waals surface area contributed by atoms with Crippen molar-refractivity contribution in [3.63, 3.8) is 0 Å². The van der Waals surface area contributed by atoms with E-state index in [0.29, 0.717) is 4.90 Å². The quantitative estimate of drug-likeness (QED) is 0.505. The van der Waals surface area contributed by atoms with Gasteiger partial charge in [0.25, 0.3) is 0 Å². The largest absolute Gasteiger partial charge is 0.243 e. The molecule has 1 heterocycles. The highest BCUT2D eigenvalue weighted by Gasteiger charge is 2.67. The highest BCUT2D eigenvalue weighted by Crippen LogP contribution is 2.63. The number of fused-ring (bicyclic) bond motifs is 2. The van der Waals surface area contributed by atoms with Crippen molar-refractivity contribution in [3.05, 3.63) is 30.3 Å². The highest BCUT2D eigenvalue weighted by molar-refractivity contribution is 9.13. The molecule has 3 nitrogen and oxygen atoms in total. The molecule has 2 saturated carbocycles. The lowest BCUT2D eigenvalue weighted by molar-refractivity contribution is 0.270. The van der Waals surface area contributed by atoms with Crippen LogP contribution in [0, 0.1) is 0 Å². The van der Waals surface area contributed by atoms with E-state index in [0.717, 1.165) is 25.7 Å². The van der Waals surface area contributed by atoms with Crippen LogP contribution in [0.1, 0.15) is 38.5 Å². The van der Waals surface area contributed by atoms with Crippen molar-refractivity contribution >= 4 is 41.9 Å². The molecule has 0 bridgehead atoms. The normalized spacial score (nSPS) is 44.0. The standard InChI is InChI=1S/C16H19Br2NO2S/c17-15-8-4-5-9-16(15,18)11-14-13(10-15)19(14)22(20,21)12-6-2-1-3-7-12/h1-3,6-7,13-14H,4-5,8-11H2/t13?,14?,15-,16-,19?/m0/s1. The molecule has 4 rings (SSSR count). The van der Waals surface area contributed by atoms with E-state index < -0.39 is 10.0 Å². The Labute approximate surface area is 148 Å². The molecule has 120 valence electrons. The van der Waals surface area contributed by atoms with Crippen LogP contribution in [-0.4, -0.2) is 33.5 Å². The van der Waals surface area contributed by atoms with Crippen molar-refractivity contribution in [2.24, 2.45) is 0 Å². The Morgan fingerprint density at radius 2 is 1.45 bits per heavy atom. The minimum absolute atomic E-state index is 0.0420. The molecule has 0 spiro atoms. The lowest BCUT2D eigenvalue weighted by Crippen LogP contribution is -2.51. The first-order chi connectivity index (χ1) is 10.4. The van der Waals surface area contributed by atoms with Crippen molar-refractivity contribution in [2.45, 2.75) is 64.2 Å². The summed E-state index contributed by atoms with van der Waals surface area (Å²) in [5.41, 5.74) is 0. The molecule has 3 fully saturated rings. The predicted octanol–water partition coefficient (Wildman–Crippen LogP) is 4.06. The monoisotopic (exact) mass is 447 g/mol. The van der Waals surface area contributed by atoms with Crippen LogP contribution in [0.3, 0.4) is 0 Å². The zero-order valence-electron chi connectivity index (χ0n) is 12.2. The summed E-state index contributed by atoms with van der Waals surface area (Å²) in [7, 11) is -3.35. The lowest BCUT2D eigenvalue weighted by atomic mass is 9.70. The molecule has 0 amide bonds. The second-order valence-electron chi connectivity index (χ2n) is 6.83. The van der Waals surface area contributed by atoms with E-state index in [1.807, 2.05) is 6.07 Å². The number of sulfonamides is 1. The Morgan fingerprint density at radius 3 is 1.95 bits per heavy atom. The van der Waals surface area contributed by atoms with Crippen LogP contribution in [0.4, 0.5) is 0 Å². The average Bonchev–Trinajstić information content (AvgIpc) is 3.17. The van der Waals surface area contributed by atoms with Gasteiger partial charge in [-0.05, 0) is 37.8 Å². The summed E-state index contributed by atoms with van der Waals surface area (Å²) in [6, 6.07) is 9.14. The zero-order valence-corrected chi connectivity index (χ0v) is 16.2. The third kappa shape index (κ3) is 2.17. The second-order valence-corrected chi connectivity index (χ2v) is 11.7. The fraction of sp³-hybridized carbons (Fsp3) is 0.625. The van der Waals surface area contributed by atoms with Gasteiger partial charge in [0.2, 0.25) is 10.0 Å². The van der Waals surface area contributed by atoms with Gasteiger partial charge in [0.05, 0.1) is 4.90 Å². The third-order valence-electron chi connectivity index (χ3n) is 5.59. The molecular formula is C16H19Br2NO2S. The van der Waals surface area contributed by atoms with E-state index in [-0.39, 0.29) is 20.7 Å². The summed E-state index contributed by atoms with van der Waals surface area (Å²) in [5, 5.41) is 0. The average molecular weight is 449 g/mol. The van der Waals surface area contributed by atoms with Crippen LogP contribution >= 0.6 is 31.9 Å². The predicted molar refractivity (Wildman–Crippen MR) is 94.1 cm³/mol. The van der Waals surface area contributed by atoms with Gasteiger partial charge in [0.1, 0.15) is 0 Å². The van der Waals surface area contributed by atoms with Crippen molar-refractivity contribution in [2.75, 3.05) is 0 Å². The molecule has 0 N–H and O–H groups in total. The van der Waals surface area contributed by atoms with Crippen LogP contribution in [0.5, 0.6) is 0 Å². The number of hydrogen-bond donors (Lipinski definition) is 0. The fourth-order valence-electron chi connectivity index (χ4n) is 4.32.